The number of nitrogens with one attached hydrogen (secondary N) is 2. The summed E-state index contributed by atoms with van der Waals surface area (Å²) in [5.41, 5.74) is 3.70. The first-order chi connectivity index (χ1) is 30.4. The van der Waals surface area contributed by atoms with Crippen LogP contribution in [0.4, 0.5) is 9.59 Å². The van der Waals surface area contributed by atoms with Gasteiger partial charge in [0.25, 0.3) is 0 Å². The molecule has 0 radical (unpaired) electrons. The third-order valence-corrected chi connectivity index (χ3v) is 13.6. The summed E-state index contributed by atoms with van der Waals surface area (Å²) < 4.78 is 23.6. The number of carbonyl (C=O) groups excluding carboxylic acids is 4. The monoisotopic (exact) mass is 879 g/mol. The van der Waals surface area contributed by atoms with Crippen molar-refractivity contribution in [2.75, 3.05) is 0 Å². The lowest BCUT2D eigenvalue weighted by Crippen LogP contribution is -2.45. The standard InChI is InChI=1S/C54H74N2O8/c1-35-45(34-38-20-13-10-14-21-38)41(22-15-26-46(49(57)61-35)55-51(59)63-53(3,4)5)32-39-28-30-40(31-29-39)43-24-17-25-44(43)48-36(2)62-50(58)47(56-52(60)64-54(6,7)8)27-16-23-42(48)33-37-18-11-9-12-19-37/h9-14,18-21,28-31,35-36,41-48H,15-17,22-27,32-34H2,1-8H3,(H,55,59)(H,56,60). The third kappa shape index (κ3) is 14.1. The minimum absolute atomic E-state index is 0.0681. The van der Waals surface area contributed by atoms with Gasteiger partial charge in [-0.2, -0.15) is 0 Å². The molecule has 2 N–H and O–H groups in total. The van der Waals surface area contributed by atoms with Crippen molar-refractivity contribution in [3.63, 3.8) is 0 Å². The molecule has 10 atom stereocenters. The molecule has 0 bridgehead atoms. The Bertz CT molecular complexity index is 1970. The van der Waals surface area contributed by atoms with E-state index in [1.165, 1.54) is 22.3 Å². The van der Waals surface area contributed by atoms with Gasteiger partial charge in [0, 0.05) is 11.8 Å². The molecule has 348 valence electrons. The molecule has 3 aromatic carbocycles. The highest BCUT2D eigenvalue weighted by atomic mass is 16.6. The van der Waals surface area contributed by atoms with Crippen LogP contribution in [0.2, 0.25) is 0 Å². The van der Waals surface area contributed by atoms with E-state index in [1.807, 2.05) is 33.8 Å². The highest BCUT2D eigenvalue weighted by Crippen LogP contribution is 2.49. The van der Waals surface area contributed by atoms with E-state index in [1.54, 1.807) is 20.8 Å². The molecular weight excluding hydrogens is 805 g/mol. The second kappa shape index (κ2) is 21.9. The van der Waals surface area contributed by atoms with Crippen LogP contribution < -0.4 is 10.6 Å². The highest BCUT2D eigenvalue weighted by Gasteiger charge is 2.44. The Morgan fingerprint density at radius 2 is 1.02 bits per heavy atom. The van der Waals surface area contributed by atoms with Gasteiger partial charge in [-0.05, 0) is 159 Å². The Kier molecular flexibility index (Phi) is 16.6. The molecule has 10 nitrogen and oxygen atoms in total. The lowest BCUT2D eigenvalue weighted by atomic mass is 9.69. The van der Waals surface area contributed by atoms with Gasteiger partial charge >= 0.3 is 24.1 Å². The molecule has 3 aromatic rings. The van der Waals surface area contributed by atoms with E-state index in [0.717, 1.165) is 64.2 Å². The predicted molar refractivity (Wildman–Crippen MR) is 250 cm³/mol. The normalized spacial score (nSPS) is 28.4. The van der Waals surface area contributed by atoms with E-state index < -0.39 is 47.4 Å². The van der Waals surface area contributed by atoms with E-state index in [0.29, 0.717) is 24.7 Å². The van der Waals surface area contributed by atoms with Gasteiger partial charge in [-0.15, -0.1) is 0 Å². The number of amides is 2. The number of hydrogen-bond donors (Lipinski definition) is 2. The van der Waals surface area contributed by atoms with Gasteiger partial charge < -0.3 is 29.6 Å². The van der Waals surface area contributed by atoms with Crippen molar-refractivity contribution in [3.8, 4) is 0 Å². The molecule has 2 aliphatic heterocycles. The van der Waals surface area contributed by atoms with Crippen LogP contribution in [-0.4, -0.2) is 59.6 Å². The number of alkyl carbamates (subject to hydrolysis) is 2. The minimum Gasteiger partial charge on any atom is -0.461 e. The molecule has 10 heteroatoms. The van der Waals surface area contributed by atoms with Crippen LogP contribution in [0.1, 0.15) is 141 Å². The van der Waals surface area contributed by atoms with E-state index in [-0.39, 0.29) is 35.9 Å². The largest absolute Gasteiger partial charge is 0.461 e. The fourth-order valence-electron chi connectivity index (χ4n) is 10.8. The van der Waals surface area contributed by atoms with E-state index in [4.69, 9.17) is 18.9 Å². The number of cyclic esters (lactones) is 2. The quantitative estimate of drug-likeness (QED) is 0.152. The van der Waals surface area contributed by atoms with Gasteiger partial charge in [0.1, 0.15) is 35.5 Å². The number of benzene rings is 3. The van der Waals surface area contributed by atoms with Crippen molar-refractivity contribution in [1.29, 1.82) is 0 Å². The van der Waals surface area contributed by atoms with E-state index >= 15 is 0 Å². The third-order valence-electron chi connectivity index (χ3n) is 13.6. The molecule has 2 amide bonds. The number of hydrogen-bond acceptors (Lipinski definition) is 8. The van der Waals surface area contributed by atoms with Crippen molar-refractivity contribution in [2.24, 2.45) is 29.6 Å². The summed E-state index contributed by atoms with van der Waals surface area (Å²) in [4.78, 5) is 52.9. The molecule has 3 aliphatic rings. The van der Waals surface area contributed by atoms with E-state index in [2.05, 4.69) is 96.4 Å². The summed E-state index contributed by atoms with van der Waals surface area (Å²) in [6.07, 6.45) is 8.15. The molecule has 0 aromatic heterocycles. The molecule has 2 saturated heterocycles. The zero-order chi connectivity index (χ0) is 46.0. The van der Waals surface area contributed by atoms with Gasteiger partial charge in [0.05, 0.1) is 0 Å². The van der Waals surface area contributed by atoms with Crippen LogP contribution >= 0.6 is 0 Å². The molecule has 1 aliphatic carbocycles. The molecule has 10 unspecified atom stereocenters. The van der Waals surface area contributed by atoms with Crippen LogP contribution in [0.5, 0.6) is 0 Å². The lowest BCUT2D eigenvalue weighted by molar-refractivity contribution is -0.155. The summed E-state index contributed by atoms with van der Waals surface area (Å²) >= 11 is 0. The fourth-order valence-corrected chi connectivity index (χ4v) is 10.8. The summed E-state index contributed by atoms with van der Waals surface area (Å²) in [5, 5.41) is 5.62. The molecular formula is C54H74N2O8. The van der Waals surface area contributed by atoms with Crippen molar-refractivity contribution in [3.05, 3.63) is 107 Å². The van der Waals surface area contributed by atoms with Crippen molar-refractivity contribution < 1.29 is 38.1 Å². The maximum Gasteiger partial charge on any atom is 0.408 e. The number of rotatable bonds is 10. The maximum atomic E-state index is 13.8. The number of ether oxygens (including phenoxy) is 4. The zero-order valence-electron chi connectivity index (χ0n) is 39.6. The Morgan fingerprint density at radius 1 is 0.562 bits per heavy atom. The van der Waals surface area contributed by atoms with Crippen LogP contribution in [0, 0.1) is 29.6 Å². The average Bonchev–Trinajstić information content (AvgIpc) is 3.72. The average molecular weight is 879 g/mol. The second-order valence-electron chi connectivity index (χ2n) is 20.8. The van der Waals surface area contributed by atoms with Gasteiger partial charge in [-0.25, -0.2) is 19.2 Å². The fraction of sp³-hybridized carbons (Fsp3) is 0.593. The smallest absolute Gasteiger partial charge is 0.408 e. The SMILES string of the molecule is CC1OC(=O)C(NC(=O)OC(C)(C)C)CCCC(Cc2ccc(C3CCCC3C3C(Cc4ccccc4)CCCC(NC(=O)OC(C)(C)C)C(=O)OC3C)cc2)C1Cc1ccccc1. The van der Waals surface area contributed by atoms with Gasteiger partial charge in [-0.3, -0.25) is 0 Å². The van der Waals surface area contributed by atoms with Crippen LogP contribution in [0.3, 0.4) is 0 Å². The number of esters is 2. The molecule has 6 rings (SSSR count). The first kappa shape index (κ1) is 48.6. The molecule has 1 saturated carbocycles. The topological polar surface area (TPSA) is 129 Å². The highest BCUT2D eigenvalue weighted by molar-refractivity contribution is 5.82. The first-order valence-corrected chi connectivity index (χ1v) is 24.0. The van der Waals surface area contributed by atoms with Crippen LogP contribution in [-0.2, 0) is 47.8 Å². The Morgan fingerprint density at radius 3 is 1.55 bits per heavy atom. The van der Waals surface area contributed by atoms with Crippen molar-refractivity contribution in [1.82, 2.24) is 10.6 Å². The minimum atomic E-state index is -0.775. The van der Waals surface area contributed by atoms with E-state index in [9.17, 15) is 19.2 Å². The van der Waals surface area contributed by atoms with Gasteiger partial charge in [-0.1, -0.05) is 104 Å². The second-order valence-corrected chi connectivity index (χ2v) is 20.8. The summed E-state index contributed by atoms with van der Waals surface area (Å²) in [6, 6.07) is 28.7. The van der Waals surface area contributed by atoms with Crippen LogP contribution in [0.15, 0.2) is 84.9 Å². The first-order valence-electron chi connectivity index (χ1n) is 24.0. The lowest BCUT2D eigenvalue weighted by Gasteiger charge is -2.38. The summed E-state index contributed by atoms with van der Waals surface area (Å²) in [5.74, 6) is 0.549. The zero-order valence-corrected chi connectivity index (χ0v) is 39.6. The predicted octanol–water partition coefficient (Wildman–Crippen LogP) is 11.1. The van der Waals surface area contributed by atoms with Crippen molar-refractivity contribution in [2.45, 2.75) is 174 Å². The Labute approximate surface area is 382 Å². The van der Waals surface area contributed by atoms with Crippen LogP contribution in [0.25, 0.3) is 0 Å². The summed E-state index contributed by atoms with van der Waals surface area (Å²) in [6.45, 7) is 14.9. The molecule has 2 heterocycles. The van der Waals surface area contributed by atoms with Crippen molar-refractivity contribution >= 4 is 24.1 Å². The molecule has 0 spiro atoms. The summed E-state index contributed by atoms with van der Waals surface area (Å²) in [7, 11) is 0. The van der Waals surface area contributed by atoms with Gasteiger partial charge in [0.2, 0.25) is 0 Å². The van der Waals surface area contributed by atoms with Gasteiger partial charge in [0.15, 0.2) is 0 Å². The Hall–Kier alpha value is -4.86. The number of carbonyl (C=O) groups is 4. The Balaban J connectivity index is 1.21. The molecule has 3 fully saturated rings. The maximum absolute atomic E-state index is 13.8. The molecule has 64 heavy (non-hydrogen) atoms.